The van der Waals surface area contributed by atoms with Gasteiger partial charge in [0.25, 0.3) is 0 Å². The van der Waals surface area contributed by atoms with Crippen LogP contribution in [0.3, 0.4) is 0 Å². The van der Waals surface area contributed by atoms with Gasteiger partial charge < -0.3 is 4.84 Å². The van der Waals surface area contributed by atoms with Gasteiger partial charge in [-0.05, 0) is 25.5 Å². The third-order valence-corrected chi connectivity index (χ3v) is 3.11. The molecule has 0 aromatic carbocycles. The minimum absolute atomic E-state index is 0.0885. The first-order chi connectivity index (χ1) is 7.63. The van der Waals surface area contributed by atoms with E-state index in [2.05, 4.69) is 11.1 Å². The second kappa shape index (κ2) is 4.44. The van der Waals surface area contributed by atoms with Crippen molar-refractivity contribution in [3.05, 3.63) is 40.9 Å². The number of halogens is 1. The number of nitrogens with zero attached hydrogens (tertiary/aromatic N) is 2. The van der Waals surface area contributed by atoms with E-state index < -0.39 is 0 Å². The fourth-order valence-corrected chi connectivity index (χ4v) is 2.29. The summed E-state index contributed by atoms with van der Waals surface area (Å²) in [6, 6.07) is 4.16. The van der Waals surface area contributed by atoms with Crippen LogP contribution < -0.4 is 0 Å². The summed E-state index contributed by atoms with van der Waals surface area (Å²) in [4.78, 5) is 9.87. The number of hydroxylamine groups is 2. The molecule has 0 aliphatic carbocycles. The molecule has 1 atom stereocenters. The number of rotatable bonds is 2. The van der Waals surface area contributed by atoms with Crippen LogP contribution in [0.25, 0.3) is 0 Å². The Hall–Kier alpha value is -1.06. The lowest BCUT2D eigenvalue weighted by molar-refractivity contribution is -0.0946. The van der Waals surface area contributed by atoms with Gasteiger partial charge in [0, 0.05) is 30.4 Å². The van der Waals surface area contributed by atoms with E-state index in [0.717, 1.165) is 22.6 Å². The molecule has 0 saturated carbocycles. The summed E-state index contributed by atoms with van der Waals surface area (Å²) in [5.74, 6) is 1.37. The molecule has 2 rings (SSSR count). The predicted molar refractivity (Wildman–Crippen MR) is 64.0 cm³/mol. The van der Waals surface area contributed by atoms with Gasteiger partial charge in [-0.1, -0.05) is 6.07 Å². The van der Waals surface area contributed by atoms with Crippen molar-refractivity contribution < 1.29 is 4.84 Å². The fourth-order valence-electron chi connectivity index (χ4n) is 1.96. The molecule has 0 saturated heterocycles. The lowest BCUT2D eigenvalue weighted by Crippen LogP contribution is -2.19. The highest BCUT2D eigenvalue weighted by Gasteiger charge is 2.31. The summed E-state index contributed by atoms with van der Waals surface area (Å²) in [7, 11) is 1.91. The summed E-state index contributed by atoms with van der Waals surface area (Å²) < 4.78 is 0. The first-order valence-electron chi connectivity index (χ1n) is 5.22. The summed E-state index contributed by atoms with van der Waals surface area (Å²) in [6.45, 7) is 3.91. The Labute approximate surface area is 101 Å². The van der Waals surface area contributed by atoms with Gasteiger partial charge in [0.1, 0.15) is 5.76 Å². The first-order valence-corrected chi connectivity index (χ1v) is 5.76. The highest BCUT2D eigenvalue weighted by atomic mass is 35.5. The Morgan fingerprint density at radius 2 is 2.19 bits per heavy atom. The maximum Gasteiger partial charge on any atom is 0.123 e. The number of pyridine rings is 1. The molecular formula is C12H15ClN2O. The molecule has 1 aliphatic rings. The third-order valence-electron chi connectivity index (χ3n) is 2.82. The van der Waals surface area contributed by atoms with Crippen molar-refractivity contribution in [1.82, 2.24) is 10.0 Å². The minimum Gasteiger partial charge on any atom is -0.410 e. The molecule has 0 radical (unpaired) electrons. The summed E-state index contributed by atoms with van der Waals surface area (Å²) >= 11 is 5.96. The molecule has 86 valence electrons. The average Bonchev–Trinajstić information content (AvgIpc) is 2.54. The topological polar surface area (TPSA) is 25.4 Å². The quantitative estimate of drug-likeness (QED) is 0.741. The third kappa shape index (κ3) is 1.93. The predicted octanol–water partition coefficient (Wildman–Crippen LogP) is 2.82. The van der Waals surface area contributed by atoms with Crippen LogP contribution in [0.1, 0.15) is 24.2 Å². The van der Waals surface area contributed by atoms with Gasteiger partial charge in [0.15, 0.2) is 0 Å². The van der Waals surface area contributed by atoms with Gasteiger partial charge in [-0.15, -0.1) is 16.7 Å². The van der Waals surface area contributed by atoms with E-state index in [4.69, 9.17) is 16.4 Å². The number of aromatic nitrogens is 1. The van der Waals surface area contributed by atoms with Crippen molar-refractivity contribution in [2.24, 2.45) is 0 Å². The van der Waals surface area contributed by atoms with E-state index in [1.165, 1.54) is 0 Å². The van der Waals surface area contributed by atoms with Gasteiger partial charge in [-0.3, -0.25) is 4.98 Å². The van der Waals surface area contributed by atoms with Gasteiger partial charge in [-0.2, -0.15) is 0 Å². The van der Waals surface area contributed by atoms with E-state index in [1.807, 2.05) is 38.2 Å². The molecule has 1 unspecified atom stereocenters. The molecule has 0 bridgehead atoms. The maximum atomic E-state index is 5.96. The number of hydrogen-bond acceptors (Lipinski definition) is 3. The van der Waals surface area contributed by atoms with Crippen molar-refractivity contribution in [3.8, 4) is 0 Å². The van der Waals surface area contributed by atoms with E-state index in [-0.39, 0.29) is 6.04 Å². The maximum absolute atomic E-state index is 5.96. The summed E-state index contributed by atoms with van der Waals surface area (Å²) in [5.41, 5.74) is 3.23. The number of alkyl halides is 1. The van der Waals surface area contributed by atoms with Gasteiger partial charge >= 0.3 is 0 Å². The zero-order valence-electron chi connectivity index (χ0n) is 9.70. The Morgan fingerprint density at radius 3 is 2.75 bits per heavy atom. The number of hydrogen-bond donors (Lipinski definition) is 0. The fraction of sp³-hybridized carbons (Fsp3) is 0.417. The van der Waals surface area contributed by atoms with Crippen molar-refractivity contribution in [3.63, 3.8) is 0 Å². The molecule has 0 N–H and O–H groups in total. The summed E-state index contributed by atoms with van der Waals surface area (Å²) in [6.07, 6.45) is 1.88. The van der Waals surface area contributed by atoms with Crippen LogP contribution in [-0.2, 0) is 4.84 Å². The van der Waals surface area contributed by atoms with Gasteiger partial charge in [0.05, 0.1) is 6.04 Å². The van der Waals surface area contributed by atoms with Crippen LogP contribution in [0.2, 0.25) is 0 Å². The highest BCUT2D eigenvalue weighted by molar-refractivity contribution is 6.19. The Bertz CT molecular complexity index is 414. The molecule has 0 spiro atoms. The Kier molecular flexibility index (Phi) is 3.17. The van der Waals surface area contributed by atoms with Crippen LogP contribution >= 0.6 is 11.6 Å². The van der Waals surface area contributed by atoms with Crippen molar-refractivity contribution in [2.75, 3.05) is 12.9 Å². The molecule has 0 amide bonds. The van der Waals surface area contributed by atoms with E-state index in [0.29, 0.717) is 5.88 Å². The molecule has 0 fully saturated rings. The summed E-state index contributed by atoms with van der Waals surface area (Å²) in [5, 5.41) is 1.82. The largest absolute Gasteiger partial charge is 0.410 e. The molecule has 16 heavy (non-hydrogen) atoms. The second-order valence-electron chi connectivity index (χ2n) is 3.99. The van der Waals surface area contributed by atoms with Crippen molar-refractivity contribution >= 4 is 11.6 Å². The Balaban J connectivity index is 2.36. The van der Waals surface area contributed by atoms with E-state index >= 15 is 0 Å². The van der Waals surface area contributed by atoms with Crippen LogP contribution in [0, 0.1) is 6.92 Å². The monoisotopic (exact) mass is 238 g/mol. The molecular weight excluding hydrogens is 224 g/mol. The van der Waals surface area contributed by atoms with Gasteiger partial charge in [-0.25, -0.2) is 0 Å². The SMILES string of the molecule is CC1=C(CCl)C(c2ccc(C)nc2)N(C)O1. The van der Waals surface area contributed by atoms with Crippen LogP contribution in [0.5, 0.6) is 0 Å². The number of aryl methyl sites for hydroxylation is 1. The zero-order chi connectivity index (χ0) is 11.7. The molecule has 4 heteroatoms. The second-order valence-corrected chi connectivity index (χ2v) is 4.26. The zero-order valence-corrected chi connectivity index (χ0v) is 10.5. The highest BCUT2D eigenvalue weighted by Crippen LogP contribution is 2.36. The normalized spacial score (nSPS) is 21.4. The average molecular weight is 239 g/mol. The molecule has 1 aromatic rings. The van der Waals surface area contributed by atoms with E-state index in [1.54, 1.807) is 0 Å². The molecule has 1 aliphatic heterocycles. The molecule has 1 aromatic heterocycles. The van der Waals surface area contributed by atoms with Gasteiger partial charge in [0.2, 0.25) is 0 Å². The van der Waals surface area contributed by atoms with Crippen molar-refractivity contribution in [2.45, 2.75) is 19.9 Å². The minimum atomic E-state index is 0.0885. The lowest BCUT2D eigenvalue weighted by Gasteiger charge is -2.20. The van der Waals surface area contributed by atoms with Crippen molar-refractivity contribution in [1.29, 1.82) is 0 Å². The number of allylic oxidation sites excluding steroid dienone is 1. The smallest absolute Gasteiger partial charge is 0.123 e. The van der Waals surface area contributed by atoms with Crippen LogP contribution in [0.15, 0.2) is 29.7 Å². The van der Waals surface area contributed by atoms with E-state index in [9.17, 15) is 0 Å². The standard InChI is InChI=1S/C12H15ClN2O/c1-8-4-5-10(7-14-8)12-11(6-13)9(2)16-15(12)3/h4-5,7,12H,6H2,1-3H3. The Morgan fingerprint density at radius 1 is 1.44 bits per heavy atom. The molecule has 2 heterocycles. The lowest BCUT2D eigenvalue weighted by atomic mass is 10.0. The van der Waals surface area contributed by atoms with Crippen LogP contribution in [-0.4, -0.2) is 23.0 Å². The van der Waals surface area contributed by atoms with Crippen LogP contribution in [0.4, 0.5) is 0 Å². The number of likely N-dealkylation sites (N-methyl/N-ethyl adjacent to an activating group) is 1. The molecule has 3 nitrogen and oxygen atoms in total. The first kappa shape index (κ1) is 11.4.